The van der Waals surface area contributed by atoms with E-state index in [9.17, 15) is 0 Å². The van der Waals surface area contributed by atoms with Gasteiger partial charge in [0, 0.05) is 48.8 Å². The minimum atomic E-state index is 0.771. The maximum absolute atomic E-state index is 6.60. The van der Waals surface area contributed by atoms with Gasteiger partial charge in [0.15, 0.2) is 5.58 Å². The summed E-state index contributed by atoms with van der Waals surface area (Å²) in [6, 6.07) is 59.6. The van der Waals surface area contributed by atoms with Crippen molar-refractivity contribution in [1.29, 1.82) is 0 Å². The van der Waals surface area contributed by atoms with Crippen LogP contribution in [-0.2, 0) is 0 Å². The zero-order valence-corrected chi connectivity index (χ0v) is 28.9. The normalized spacial score (nSPS) is 12.1. The van der Waals surface area contributed by atoms with Gasteiger partial charge in [-0.25, -0.2) is 9.97 Å². The maximum atomic E-state index is 6.60. The van der Waals surface area contributed by atoms with Crippen molar-refractivity contribution in [2.24, 2.45) is 0 Å². The lowest BCUT2D eigenvalue weighted by Crippen LogP contribution is -1.92. The molecule has 250 valence electrons. The number of benzene rings is 8. The molecule has 0 saturated heterocycles. The van der Waals surface area contributed by atoms with E-state index in [1.807, 2.05) is 30.3 Å². The number of hydrogen-bond donors (Lipinski definition) is 0. The van der Waals surface area contributed by atoms with Gasteiger partial charge in [-0.3, -0.25) is 0 Å². The van der Waals surface area contributed by atoms with Crippen molar-refractivity contribution in [3.63, 3.8) is 0 Å². The molecular weight excluding hydrogens is 661 g/mol. The van der Waals surface area contributed by atoms with Crippen molar-refractivity contribution < 1.29 is 8.83 Å². The number of para-hydroxylation sites is 2. The molecular formula is C50H28N2O2. The van der Waals surface area contributed by atoms with Gasteiger partial charge in [0.25, 0.3) is 0 Å². The Morgan fingerprint density at radius 2 is 0.944 bits per heavy atom. The summed E-state index contributed by atoms with van der Waals surface area (Å²) < 4.78 is 13.1. The highest BCUT2D eigenvalue weighted by Crippen LogP contribution is 2.43. The van der Waals surface area contributed by atoms with Crippen LogP contribution in [0, 0.1) is 0 Å². The van der Waals surface area contributed by atoms with Gasteiger partial charge in [0.1, 0.15) is 22.3 Å². The first kappa shape index (κ1) is 29.3. The number of nitrogens with zero attached hydrogens (tertiary/aromatic N) is 2. The van der Waals surface area contributed by atoms with Crippen LogP contribution in [0.2, 0.25) is 0 Å². The molecule has 54 heavy (non-hydrogen) atoms. The molecule has 8 aromatic carbocycles. The molecule has 12 rings (SSSR count). The third kappa shape index (κ3) is 4.19. The molecule has 4 aromatic heterocycles. The molecule has 4 nitrogen and oxygen atoms in total. The Balaban J connectivity index is 1.05. The highest BCUT2D eigenvalue weighted by Gasteiger charge is 2.21. The van der Waals surface area contributed by atoms with Crippen LogP contribution in [0.1, 0.15) is 0 Å². The molecule has 0 bridgehead atoms. The Hall–Kier alpha value is -7.30. The summed E-state index contributed by atoms with van der Waals surface area (Å²) in [7, 11) is 0. The van der Waals surface area contributed by atoms with Gasteiger partial charge in [0.2, 0.25) is 0 Å². The molecule has 0 atom stereocenters. The standard InChI is InChI=1S/C50H28N2O2/c1-2-11-31(12-3-1)46-39-25-22-30-10-4-5-13-34(30)44(39)37-24-23-33(28-41(37)51-46)29-18-20-32(21-19-29)47-45-38-15-7-9-17-43(38)53-49(45)40-27-26-36-35-14-6-8-16-42(35)54-50(36)48(40)52-47/h1-28H. The number of aromatic nitrogens is 2. The molecule has 0 amide bonds. The lowest BCUT2D eigenvalue weighted by Gasteiger charge is -2.14. The second-order valence-corrected chi connectivity index (χ2v) is 14.0. The van der Waals surface area contributed by atoms with Crippen LogP contribution in [0.4, 0.5) is 0 Å². The molecule has 0 aliphatic rings. The van der Waals surface area contributed by atoms with E-state index in [0.717, 1.165) is 105 Å². The van der Waals surface area contributed by atoms with E-state index in [-0.39, 0.29) is 0 Å². The molecule has 0 aliphatic heterocycles. The van der Waals surface area contributed by atoms with Crippen molar-refractivity contribution in [3.05, 3.63) is 170 Å². The van der Waals surface area contributed by atoms with E-state index in [1.54, 1.807) is 0 Å². The molecule has 0 spiro atoms. The van der Waals surface area contributed by atoms with Crippen LogP contribution in [0.15, 0.2) is 179 Å². The van der Waals surface area contributed by atoms with Crippen LogP contribution in [0.5, 0.6) is 0 Å². The Morgan fingerprint density at radius 3 is 1.80 bits per heavy atom. The Morgan fingerprint density at radius 1 is 0.333 bits per heavy atom. The van der Waals surface area contributed by atoms with Gasteiger partial charge in [0.05, 0.1) is 22.3 Å². The third-order valence-electron chi connectivity index (χ3n) is 11.0. The third-order valence-corrected chi connectivity index (χ3v) is 11.0. The van der Waals surface area contributed by atoms with Gasteiger partial charge in [-0.05, 0) is 52.2 Å². The monoisotopic (exact) mass is 688 g/mol. The lowest BCUT2D eigenvalue weighted by atomic mass is 9.93. The van der Waals surface area contributed by atoms with E-state index < -0.39 is 0 Å². The van der Waals surface area contributed by atoms with Crippen LogP contribution in [0.3, 0.4) is 0 Å². The summed E-state index contributed by atoms with van der Waals surface area (Å²) in [5.74, 6) is 0. The van der Waals surface area contributed by atoms with E-state index in [2.05, 4.69) is 140 Å². The minimum absolute atomic E-state index is 0.771. The summed E-state index contributed by atoms with van der Waals surface area (Å²) in [5.41, 5.74) is 11.2. The summed E-state index contributed by atoms with van der Waals surface area (Å²) in [6.07, 6.45) is 0. The number of rotatable bonds is 3. The fraction of sp³-hybridized carbons (Fsp3) is 0. The predicted octanol–water partition coefficient (Wildman–Crippen LogP) is 13.9. The number of pyridine rings is 2. The average Bonchev–Trinajstić information content (AvgIpc) is 3.83. The topological polar surface area (TPSA) is 52.1 Å². The van der Waals surface area contributed by atoms with E-state index >= 15 is 0 Å². The molecule has 12 aromatic rings. The molecule has 0 unspecified atom stereocenters. The minimum Gasteiger partial charge on any atom is -0.455 e. The second kappa shape index (κ2) is 11.1. The first-order valence-electron chi connectivity index (χ1n) is 18.2. The molecule has 0 radical (unpaired) electrons. The fourth-order valence-electron chi connectivity index (χ4n) is 8.51. The van der Waals surface area contributed by atoms with Gasteiger partial charge in [-0.15, -0.1) is 0 Å². The van der Waals surface area contributed by atoms with Crippen molar-refractivity contribution in [3.8, 4) is 33.6 Å². The molecule has 0 saturated carbocycles. The van der Waals surface area contributed by atoms with E-state index in [4.69, 9.17) is 18.8 Å². The highest BCUT2D eigenvalue weighted by atomic mass is 16.3. The number of hydrogen-bond acceptors (Lipinski definition) is 4. The molecule has 0 fully saturated rings. The number of furan rings is 2. The first-order valence-corrected chi connectivity index (χ1v) is 18.2. The van der Waals surface area contributed by atoms with Crippen molar-refractivity contribution in [1.82, 2.24) is 9.97 Å². The molecule has 0 aliphatic carbocycles. The molecule has 4 heteroatoms. The van der Waals surface area contributed by atoms with Crippen molar-refractivity contribution >= 4 is 87.2 Å². The lowest BCUT2D eigenvalue weighted by molar-refractivity contribution is 0.668. The zero-order valence-electron chi connectivity index (χ0n) is 28.9. The van der Waals surface area contributed by atoms with E-state index in [1.165, 1.54) is 16.2 Å². The fourth-order valence-corrected chi connectivity index (χ4v) is 8.51. The van der Waals surface area contributed by atoms with Crippen LogP contribution in [0.25, 0.3) is 121 Å². The SMILES string of the molecule is c1ccc(-c2nc3cc(-c4ccc(-c5nc6c(ccc7c8ccccc8oc76)c6oc7ccccc7c56)cc4)ccc3c3c2ccc2ccccc23)cc1. The Kier molecular flexibility index (Phi) is 6.02. The van der Waals surface area contributed by atoms with Crippen molar-refractivity contribution in [2.75, 3.05) is 0 Å². The van der Waals surface area contributed by atoms with Gasteiger partial charge < -0.3 is 8.83 Å². The predicted molar refractivity (Wildman–Crippen MR) is 223 cm³/mol. The summed E-state index contributed by atoms with van der Waals surface area (Å²) >= 11 is 0. The Labute approximate surface area is 308 Å². The van der Waals surface area contributed by atoms with Gasteiger partial charge in [-0.1, -0.05) is 140 Å². The second-order valence-electron chi connectivity index (χ2n) is 14.0. The largest absolute Gasteiger partial charge is 0.455 e. The van der Waals surface area contributed by atoms with Crippen LogP contribution < -0.4 is 0 Å². The average molecular weight is 689 g/mol. The highest BCUT2D eigenvalue weighted by molar-refractivity contribution is 6.25. The summed E-state index contributed by atoms with van der Waals surface area (Å²) in [4.78, 5) is 10.7. The zero-order chi connectivity index (χ0) is 35.3. The van der Waals surface area contributed by atoms with E-state index in [0.29, 0.717) is 0 Å². The smallest absolute Gasteiger partial charge is 0.161 e. The first-order chi connectivity index (χ1) is 26.8. The molecule has 4 heterocycles. The Bertz CT molecular complexity index is 3490. The van der Waals surface area contributed by atoms with Gasteiger partial charge in [-0.2, -0.15) is 0 Å². The van der Waals surface area contributed by atoms with Gasteiger partial charge >= 0.3 is 0 Å². The van der Waals surface area contributed by atoms with Crippen molar-refractivity contribution in [2.45, 2.75) is 0 Å². The maximum Gasteiger partial charge on any atom is 0.161 e. The quantitative estimate of drug-likeness (QED) is 0.173. The van der Waals surface area contributed by atoms with Crippen LogP contribution >= 0.6 is 0 Å². The van der Waals surface area contributed by atoms with Crippen LogP contribution in [-0.4, -0.2) is 9.97 Å². The number of fused-ring (bicyclic) bond motifs is 14. The summed E-state index contributed by atoms with van der Waals surface area (Å²) in [6.45, 7) is 0. The summed E-state index contributed by atoms with van der Waals surface area (Å²) in [5, 5.41) is 11.1. The molecule has 0 N–H and O–H groups in total.